The van der Waals surface area contributed by atoms with Crippen LogP contribution < -0.4 is 20.1 Å². The number of ether oxygens (including phenoxy) is 2. The number of rotatable bonds is 4. The van der Waals surface area contributed by atoms with Crippen molar-refractivity contribution < 1.29 is 14.0 Å². The summed E-state index contributed by atoms with van der Waals surface area (Å²) in [5, 5.41) is 1.30. The highest BCUT2D eigenvalue weighted by atomic mass is 31.2. The zero-order valence-corrected chi connectivity index (χ0v) is 14.7. The molecular formula is C18H23O3P. The molecule has 0 amide bonds. The summed E-state index contributed by atoms with van der Waals surface area (Å²) in [4.78, 5) is 0. The van der Waals surface area contributed by atoms with Gasteiger partial charge in [0.25, 0.3) is 0 Å². The van der Waals surface area contributed by atoms with E-state index in [1.165, 1.54) is 0 Å². The third-order valence-electron chi connectivity index (χ3n) is 3.82. The quantitative estimate of drug-likeness (QED) is 0.804. The molecule has 0 aliphatic carbocycles. The molecule has 118 valence electrons. The summed E-state index contributed by atoms with van der Waals surface area (Å²) in [7, 11) is 0.474. The molecule has 0 bridgehead atoms. The molecule has 0 aliphatic rings. The largest absolute Gasteiger partial charge is 0.497 e. The van der Waals surface area contributed by atoms with Gasteiger partial charge < -0.3 is 14.0 Å². The fourth-order valence-corrected chi connectivity index (χ4v) is 5.49. The summed E-state index contributed by atoms with van der Waals surface area (Å²) in [5.74, 6) is 1.53. The molecule has 3 nitrogen and oxygen atoms in total. The molecule has 4 heteroatoms. The molecule has 0 atom stereocenters. The lowest BCUT2D eigenvalue weighted by atomic mass is 10.2. The average Bonchev–Trinajstić information content (AvgIpc) is 2.53. The van der Waals surface area contributed by atoms with Crippen LogP contribution in [0.3, 0.4) is 0 Å². The Labute approximate surface area is 132 Å². The van der Waals surface area contributed by atoms with E-state index >= 15 is 0 Å². The molecule has 0 unspecified atom stereocenters. The van der Waals surface area contributed by atoms with Gasteiger partial charge in [-0.15, -0.1) is 0 Å². The molecular weight excluding hydrogens is 295 g/mol. The van der Waals surface area contributed by atoms with E-state index in [9.17, 15) is 4.57 Å². The van der Waals surface area contributed by atoms with Crippen molar-refractivity contribution in [2.75, 3.05) is 14.2 Å². The molecule has 0 saturated heterocycles. The molecule has 0 fully saturated rings. The third-order valence-corrected chi connectivity index (χ3v) is 7.76. The summed E-state index contributed by atoms with van der Waals surface area (Å²) in [6.07, 6.45) is 0. The molecule has 2 aromatic carbocycles. The van der Waals surface area contributed by atoms with E-state index in [2.05, 4.69) is 0 Å². The van der Waals surface area contributed by atoms with Gasteiger partial charge in [-0.1, -0.05) is 20.8 Å². The van der Waals surface area contributed by atoms with Crippen LogP contribution in [-0.2, 0) is 4.57 Å². The van der Waals surface area contributed by atoms with E-state index in [4.69, 9.17) is 9.47 Å². The highest BCUT2D eigenvalue weighted by molar-refractivity contribution is 7.80. The topological polar surface area (TPSA) is 35.5 Å². The van der Waals surface area contributed by atoms with Crippen LogP contribution in [0.1, 0.15) is 20.8 Å². The maximum absolute atomic E-state index is 14.0. The average molecular weight is 318 g/mol. The summed E-state index contributed by atoms with van der Waals surface area (Å²) in [6.45, 7) is 6.05. The van der Waals surface area contributed by atoms with E-state index in [0.717, 1.165) is 22.1 Å². The smallest absolute Gasteiger partial charge is 0.148 e. The van der Waals surface area contributed by atoms with Crippen LogP contribution in [0.2, 0.25) is 0 Å². The van der Waals surface area contributed by atoms with Gasteiger partial charge in [0, 0.05) is 15.8 Å². The Morgan fingerprint density at radius 1 is 0.727 bits per heavy atom. The standard InChI is InChI=1S/C18H23O3P/c1-18(2,3)22(19,16-10-6-14(20-4)7-11-16)17-12-8-15(21-5)9-13-17/h6-13H,1-5H3. The summed E-state index contributed by atoms with van der Waals surface area (Å²) in [5.41, 5.74) is 0. The van der Waals surface area contributed by atoms with Crippen LogP contribution in [0, 0.1) is 0 Å². The molecule has 0 N–H and O–H groups in total. The third kappa shape index (κ3) is 2.91. The van der Waals surface area contributed by atoms with E-state index in [1.54, 1.807) is 14.2 Å². The van der Waals surface area contributed by atoms with Crippen LogP contribution in [-0.4, -0.2) is 19.4 Å². The summed E-state index contributed by atoms with van der Waals surface area (Å²) < 4.78 is 24.4. The van der Waals surface area contributed by atoms with Crippen molar-refractivity contribution >= 4 is 17.8 Å². The Morgan fingerprint density at radius 2 is 1.05 bits per heavy atom. The van der Waals surface area contributed by atoms with Crippen molar-refractivity contribution in [1.82, 2.24) is 0 Å². The SMILES string of the molecule is COc1ccc(P(=O)(c2ccc(OC)cc2)C(C)(C)C)cc1. The van der Waals surface area contributed by atoms with Crippen LogP contribution in [0.15, 0.2) is 48.5 Å². The van der Waals surface area contributed by atoms with Gasteiger partial charge in [0.2, 0.25) is 0 Å². The van der Waals surface area contributed by atoms with E-state index in [0.29, 0.717) is 0 Å². The van der Waals surface area contributed by atoms with Gasteiger partial charge in [0.15, 0.2) is 0 Å². The normalized spacial score (nSPS) is 12.0. The van der Waals surface area contributed by atoms with Crippen LogP contribution >= 0.6 is 7.14 Å². The number of benzene rings is 2. The molecule has 0 aliphatic heterocycles. The zero-order valence-electron chi connectivity index (χ0n) is 13.8. The van der Waals surface area contributed by atoms with Gasteiger partial charge in [-0.05, 0) is 48.5 Å². The zero-order chi connectivity index (χ0) is 16.4. The number of hydrogen-bond acceptors (Lipinski definition) is 3. The van der Waals surface area contributed by atoms with E-state index in [1.807, 2.05) is 69.3 Å². The molecule has 0 saturated carbocycles. The molecule has 0 aromatic heterocycles. The maximum Gasteiger partial charge on any atom is 0.148 e. The molecule has 0 heterocycles. The van der Waals surface area contributed by atoms with Crippen molar-refractivity contribution in [3.8, 4) is 11.5 Å². The predicted octanol–water partition coefficient (Wildman–Crippen LogP) is 3.82. The molecule has 22 heavy (non-hydrogen) atoms. The second-order valence-electron chi connectivity index (χ2n) is 6.18. The van der Waals surface area contributed by atoms with Gasteiger partial charge in [0.05, 0.1) is 14.2 Å². The van der Waals surface area contributed by atoms with Crippen molar-refractivity contribution in [2.45, 2.75) is 25.9 Å². The molecule has 2 aromatic rings. The minimum Gasteiger partial charge on any atom is -0.497 e. The Balaban J connectivity index is 2.58. The minimum atomic E-state index is -2.78. The molecule has 0 radical (unpaired) electrons. The summed E-state index contributed by atoms with van der Waals surface area (Å²) >= 11 is 0. The lowest BCUT2D eigenvalue weighted by molar-refractivity contribution is 0.415. The first kappa shape index (κ1) is 16.6. The second kappa shape index (κ2) is 6.18. The Hall–Kier alpha value is -1.73. The monoisotopic (exact) mass is 318 g/mol. The maximum atomic E-state index is 14.0. The van der Waals surface area contributed by atoms with E-state index < -0.39 is 7.14 Å². The molecule has 0 spiro atoms. The van der Waals surface area contributed by atoms with Crippen LogP contribution in [0.25, 0.3) is 0 Å². The predicted molar refractivity (Wildman–Crippen MR) is 92.6 cm³/mol. The fourth-order valence-electron chi connectivity index (χ4n) is 2.51. The lowest BCUT2D eigenvalue weighted by Gasteiger charge is -2.32. The lowest BCUT2D eigenvalue weighted by Crippen LogP contribution is -2.30. The van der Waals surface area contributed by atoms with Gasteiger partial charge in [0.1, 0.15) is 18.6 Å². The molecule has 2 rings (SSSR count). The first-order valence-corrected chi connectivity index (χ1v) is 8.93. The van der Waals surface area contributed by atoms with Crippen molar-refractivity contribution in [3.05, 3.63) is 48.5 Å². The first-order valence-electron chi connectivity index (χ1n) is 7.22. The Bertz CT molecular complexity index is 615. The van der Waals surface area contributed by atoms with Gasteiger partial charge in [-0.3, -0.25) is 0 Å². The van der Waals surface area contributed by atoms with Crippen molar-refractivity contribution in [2.24, 2.45) is 0 Å². The summed E-state index contributed by atoms with van der Waals surface area (Å²) in [6, 6.07) is 15.0. The van der Waals surface area contributed by atoms with Crippen molar-refractivity contribution in [1.29, 1.82) is 0 Å². The van der Waals surface area contributed by atoms with Gasteiger partial charge >= 0.3 is 0 Å². The number of hydrogen-bond donors (Lipinski definition) is 0. The Morgan fingerprint density at radius 3 is 1.27 bits per heavy atom. The highest BCUT2D eigenvalue weighted by Crippen LogP contribution is 2.55. The Kier molecular flexibility index (Phi) is 4.67. The van der Waals surface area contributed by atoms with Gasteiger partial charge in [-0.25, -0.2) is 0 Å². The number of methoxy groups -OCH3 is 2. The minimum absolute atomic E-state index is 0.379. The highest BCUT2D eigenvalue weighted by Gasteiger charge is 2.39. The fraction of sp³-hybridized carbons (Fsp3) is 0.333. The first-order chi connectivity index (χ1) is 10.3. The van der Waals surface area contributed by atoms with Crippen LogP contribution in [0.4, 0.5) is 0 Å². The van der Waals surface area contributed by atoms with E-state index in [-0.39, 0.29) is 5.16 Å². The van der Waals surface area contributed by atoms with Gasteiger partial charge in [-0.2, -0.15) is 0 Å². The van der Waals surface area contributed by atoms with Crippen LogP contribution in [0.5, 0.6) is 11.5 Å². The van der Waals surface area contributed by atoms with Crippen molar-refractivity contribution in [3.63, 3.8) is 0 Å². The second-order valence-corrected chi connectivity index (χ2v) is 9.77.